The molecule has 1 unspecified atom stereocenters. The van der Waals surface area contributed by atoms with Crippen LogP contribution in [0.5, 0.6) is 0 Å². The van der Waals surface area contributed by atoms with E-state index in [4.69, 9.17) is 11.6 Å². The lowest BCUT2D eigenvalue weighted by Crippen LogP contribution is -2.38. The number of hydrogen-bond acceptors (Lipinski definition) is 4. The maximum atomic E-state index is 14.4. The SMILES string of the molecule is CC1CCCN(S(=O)(=O)c2cc(C(=O)Nc3ccc(F)c(Cl)c3)ccc2F)C[C@@H]1O. The fourth-order valence-corrected chi connectivity index (χ4v) is 5.01. The highest BCUT2D eigenvalue weighted by Gasteiger charge is 2.33. The molecule has 1 fully saturated rings. The molecule has 2 atom stereocenters. The number of nitrogens with one attached hydrogen (secondary N) is 1. The van der Waals surface area contributed by atoms with Gasteiger partial charge in [-0.1, -0.05) is 18.5 Å². The van der Waals surface area contributed by atoms with Gasteiger partial charge in [-0.15, -0.1) is 0 Å². The Labute approximate surface area is 178 Å². The molecular weight excluding hydrogens is 438 g/mol. The molecule has 2 aromatic rings. The zero-order valence-corrected chi connectivity index (χ0v) is 17.7. The molecule has 0 aliphatic carbocycles. The van der Waals surface area contributed by atoms with Gasteiger partial charge in [-0.3, -0.25) is 4.79 Å². The van der Waals surface area contributed by atoms with Gasteiger partial charge in [0.1, 0.15) is 16.5 Å². The zero-order chi connectivity index (χ0) is 22.1. The minimum absolute atomic E-state index is 0.0744. The van der Waals surface area contributed by atoms with Crippen LogP contribution >= 0.6 is 11.6 Å². The van der Waals surface area contributed by atoms with Crippen molar-refractivity contribution in [2.75, 3.05) is 18.4 Å². The molecule has 1 aliphatic rings. The Morgan fingerprint density at radius 3 is 2.60 bits per heavy atom. The summed E-state index contributed by atoms with van der Waals surface area (Å²) >= 11 is 5.69. The monoisotopic (exact) mass is 458 g/mol. The number of aliphatic hydroxyl groups excluding tert-OH is 1. The summed E-state index contributed by atoms with van der Waals surface area (Å²) in [6.45, 7) is 1.83. The van der Waals surface area contributed by atoms with E-state index < -0.39 is 38.6 Å². The van der Waals surface area contributed by atoms with Crippen LogP contribution in [0.15, 0.2) is 41.3 Å². The Morgan fingerprint density at radius 2 is 1.90 bits per heavy atom. The van der Waals surface area contributed by atoms with Crippen molar-refractivity contribution in [3.8, 4) is 0 Å². The van der Waals surface area contributed by atoms with Crippen LogP contribution in [0, 0.1) is 17.6 Å². The van der Waals surface area contributed by atoms with Crippen LogP contribution in [0.3, 0.4) is 0 Å². The van der Waals surface area contributed by atoms with Crippen LogP contribution in [0.4, 0.5) is 14.5 Å². The highest BCUT2D eigenvalue weighted by Crippen LogP contribution is 2.26. The maximum absolute atomic E-state index is 14.4. The lowest BCUT2D eigenvalue weighted by molar-refractivity contribution is 0.102. The van der Waals surface area contributed by atoms with E-state index in [1.54, 1.807) is 0 Å². The van der Waals surface area contributed by atoms with Crippen molar-refractivity contribution >= 4 is 33.2 Å². The van der Waals surface area contributed by atoms with Crippen LogP contribution in [0.2, 0.25) is 5.02 Å². The van der Waals surface area contributed by atoms with Crippen molar-refractivity contribution in [3.63, 3.8) is 0 Å². The molecule has 30 heavy (non-hydrogen) atoms. The number of aliphatic hydroxyl groups is 1. The molecule has 2 aromatic carbocycles. The minimum Gasteiger partial charge on any atom is -0.391 e. The summed E-state index contributed by atoms with van der Waals surface area (Å²) in [5.74, 6) is -2.43. The first-order valence-corrected chi connectivity index (χ1v) is 11.2. The van der Waals surface area contributed by atoms with Gasteiger partial charge in [0.15, 0.2) is 0 Å². The maximum Gasteiger partial charge on any atom is 0.255 e. The van der Waals surface area contributed by atoms with Gasteiger partial charge in [0.2, 0.25) is 10.0 Å². The van der Waals surface area contributed by atoms with Crippen molar-refractivity contribution < 1.29 is 27.1 Å². The first-order valence-electron chi connectivity index (χ1n) is 9.34. The van der Waals surface area contributed by atoms with Crippen LogP contribution in [-0.4, -0.2) is 42.9 Å². The Hall–Kier alpha value is -2.07. The van der Waals surface area contributed by atoms with E-state index >= 15 is 0 Å². The van der Waals surface area contributed by atoms with E-state index in [1.165, 1.54) is 12.1 Å². The smallest absolute Gasteiger partial charge is 0.255 e. The molecule has 6 nitrogen and oxygen atoms in total. The van der Waals surface area contributed by atoms with E-state index in [1.807, 2.05) is 6.92 Å². The molecule has 0 bridgehead atoms. The van der Waals surface area contributed by atoms with Gasteiger partial charge < -0.3 is 10.4 Å². The van der Waals surface area contributed by atoms with Gasteiger partial charge in [0, 0.05) is 24.3 Å². The van der Waals surface area contributed by atoms with E-state index in [9.17, 15) is 27.1 Å². The molecular formula is C20H21ClF2N2O4S. The summed E-state index contributed by atoms with van der Waals surface area (Å²) in [4.78, 5) is 11.9. The van der Waals surface area contributed by atoms with Gasteiger partial charge >= 0.3 is 0 Å². The van der Waals surface area contributed by atoms with E-state index in [0.717, 1.165) is 28.6 Å². The third kappa shape index (κ3) is 4.80. The zero-order valence-electron chi connectivity index (χ0n) is 16.1. The van der Waals surface area contributed by atoms with E-state index in [0.29, 0.717) is 12.8 Å². The van der Waals surface area contributed by atoms with E-state index in [2.05, 4.69) is 5.32 Å². The summed E-state index contributed by atoms with van der Waals surface area (Å²) in [5, 5.41) is 12.4. The van der Waals surface area contributed by atoms with Crippen molar-refractivity contribution in [2.45, 2.75) is 30.8 Å². The lowest BCUT2D eigenvalue weighted by Gasteiger charge is -2.23. The fraction of sp³-hybridized carbons (Fsp3) is 0.350. The number of rotatable bonds is 4. The quantitative estimate of drug-likeness (QED) is 0.732. The standard InChI is InChI=1S/C20H21ClF2N2O4S/c1-12-3-2-8-25(11-18(12)26)30(28,29)19-9-13(4-6-17(19)23)20(27)24-14-5-7-16(22)15(21)10-14/h4-7,9-10,12,18,26H,2-3,8,11H2,1H3,(H,24,27)/t12?,18-/m0/s1. The number of anilines is 1. The van der Waals surface area contributed by atoms with Crippen molar-refractivity contribution in [1.82, 2.24) is 4.31 Å². The molecule has 0 spiro atoms. The normalized spacial score (nSPS) is 20.6. The predicted molar refractivity (Wildman–Crippen MR) is 109 cm³/mol. The first kappa shape index (κ1) is 22.6. The molecule has 10 heteroatoms. The fourth-order valence-electron chi connectivity index (χ4n) is 3.24. The number of hydrogen-bond donors (Lipinski definition) is 2. The van der Waals surface area contributed by atoms with Crippen molar-refractivity contribution in [3.05, 3.63) is 58.6 Å². The summed E-state index contributed by atoms with van der Waals surface area (Å²) in [7, 11) is -4.27. The number of benzene rings is 2. The summed E-state index contributed by atoms with van der Waals surface area (Å²) in [5.41, 5.74) is 0.101. The average molecular weight is 459 g/mol. The van der Waals surface area contributed by atoms with Crippen molar-refractivity contribution in [1.29, 1.82) is 0 Å². The topological polar surface area (TPSA) is 86.7 Å². The summed E-state index contributed by atoms with van der Waals surface area (Å²) < 4.78 is 54.8. The highest BCUT2D eigenvalue weighted by molar-refractivity contribution is 7.89. The lowest BCUT2D eigenvalue weighted by atomic mass is 10.0. The van der Waals surface area contributed by atoms with E-state index in [-0.39, 0.29) is 35.3 Å². The average Bonchev–Trinajstić information content (AvgIpc) is 2.86. The molecule has 0 saturated carbocycles. The molecule has 0 radical (unpaired) electrons. The summed E-state index contributed by atoms with van der Waals surface area (Å²) in [6.07, 6.45) is 0.322. The third-order valence-corrected chi connectivity index (χ3v) is 7.27. The van der Waals surface area contributed by atoms with Gasteiger partial charge in [0.05, 0.1) is 11.1 Å². The number of halogens is 3. The second kappa shape index (κ2) is 8.97. The largest absolute Gasteiger partial charge is 0.391 e. The minimum atomic E-state index is -4.27. The van der Waals surface area contributed by atoms with Crippen LogP contribution in [0.25, 0.3) is 0 Å². The molecule has 2 N–H and O–H groups in total. The Bertz CT molecular complexity index is 1060. The second-order valence-electron chi connectivity index (χ2n) is 7.28. The van der Waals surface area contributed by atoms with Gasteiger partial charge in [-0.05, 0) is 55.2 Å². The van der Waals surface area contributed by atoms with Gasteiger partial charge in [-0.2, -0.15) is 4.31 Å². The Kier molecular flexibility index (Phi) is 6.76. The van der Waals surface area contributed by atoms with Crippen LogP contribution < -0.4 is 5.32 Å². The molecule has 0 aromatic heterocycles. The molecule has 1 aliphatic heterocycles. The number of sulfonamides is 1. The van der Waals surface area contributed by atoms with Gasteiger partial charge in [0.25, 0.3) is 5.91 Å². The number of nitrogens with zero attached hydrogens (tertiary/aromatic N) is 1. The number of carbonyl (C=O) groups excluding carboxylic acids is 1. The molecule has 1 heterocycles. The second-order valence-corrected chi connectivity index (χ2v) is 9.59. The van der Waals surface area contributed by atoms with Crippen molar-refractivity contribution in [2.24, 2.45) is 5.92 Å². The predicted octanol–water partition coefficient (Wildman–Crippen LogP) is 3.65. The highest BCUT2D eigenvalue weighted by atomic mass is 35.5. The Balaban J connectivity index is 1.88. The molecule has 3 rings (SSSR count). The summed E-state index contributed by atoms with van der Waals surface area (Å²) in [6, 6.07) is 6.57. The number of carbonyl (C=O) groups is 1. The first-order chi connectivity index (χ1) is 14.1. The van der Waals surface area contributed by atoms with Crippen LogP contribution in [0.1, 0.15) is 30.1 Å². The molecule has 1 amide bonds. The third-order valence-electron chi connectivity index (χ3n) is 5.10. The molecule has 162 valence electrons. The van der Waals surface area contributed by atoms with Gasteiger partial charge in [-0.25, -0.2) is 17.2 Å². The number of β-amino-alcohol motifs (C(OH)–C–C–N with tert-alkyl or cyclic N) is 1. The van der Waals surface area contributed by atoms with Crippen LogP contribution in [-0.2, 0) is 10.0 Å². The number of amides is 1. The molecule has 1 saturated heterocycles. The Morgan fingerprint density at radius 1 is 1.20 bits per heavy atom.